The molecule has 2 atom stereocenters. The first kappa shape index (κ1) is 20.1. The first-order chi connectivity index (χ1) is 11.2. The van der Waals surface area contributed by atoms with E-state index in [9.17, 15) is 14.4 Å². The van der Waals surface area contributed by atoms with Gasteiger partial charge in [-0.3, -0.25) is 14.4 Å². The predicted octanol–water partition coefficient (Wildman–Crippen LogP) is 3.38. The zero-order chi connectivity index (χ0) is 18.3. The molecule has 0 aromatic rings. The van der Waals surface area contributed by atoms with Crippen LogP contribution in [0.1, 0.15) is 53.4 Å². The van der Waals surface area contributed by atoms with Gasteiger partial charge in [0, 0.05) is 19.4 Å². The number of allylic oxidation sites excluding steroid dienone is 2. The molecule has 0 aliphatic heterocycles. The molecule has 1 rings (SSSR count). The Kier molecular flexibility index (Phi) is 7.39. The van der Waals surface area contributed by atoms with Crippen molar-refractivity contribution >= 4 is 18.2 Å². The Bertz CT molecular complexity index is 530. The molecule has 0 radical (unpaired) electrons. The van der Waals surface area contributed by atoms with Gasteiger partial charge in [0.25, 0.3) is 0 Å². The number of aldehydes is 1. The third-order valence-electron chi connectivity index (χ3n) is 4.65. The molecule has 1 aliphatic rings. The van der Waals surface area contributed by atoms with Crippen LogP contribution in [0.15, 0.2) is 23.8 Å². The zero-order valence-corrected chi connectivity index (χ0v) is 15.1. The molecule has 0 spiro atoms. The molecule has 1 aliphatic carbocycles. The summed E-state index contributed by atoms with van der Waals surface area (Å²) in [5, 5.41) is 0. The van der Waals surface area contributed by atoms with Crippen molar-refractivity contribution in [2.24, 2.45) is 11.3 Å². The van der Waals surface area contributed by atoms with Crippen LogP contribution in [0.4, 0.5) is 0 Å². The molecule has 1 saturated carbocycles. The normalized spacial score (nSPS) is 21.8. The third-order valence-corrected chi connectivity index (χ3v) is 4.65. The van der Waals surface area contributed by atoms with Gasteiger partial charge >= 0.3 is 11.9 Å². The minimum atomic E-state index is -0.605. The van der Waals surface area contributed by atoms with Crippen LogP contribution in [0.3, 0.4) is 0 Å². The first-order valence-electron chi connectivity index (χ1n) is 8.30. The maximum absolute atomic E-state index is 11.5. The van der Waals surface area contributed by atoms with Gasteiger partial charge in [-0.05, 0) is 43.1 Å². The summed E-state index contributed by atoms with van der Waals surface area (Å²) in [6.45, 7) is 11.1. The number of ether oxygens (including phenoxy) is 2. The van der Waals surface area contributed by atoms with E-state index in [0.29, 0.717) is 18.3 Å². The van der Waals surface area contributed by atoms with E-state index in [1.807, 2.05) is 0 Å². The van der Waals surface area contributed by atoms with E-state index in [1.165, 1.54) is 19.9 Å². The van der Waals surface area contributed by atoms with Crippen molar-refractivity contribution in [3.8, 4) is 0 Å². The lowest BCUT2D eigenvalue weighted by atomic mass is 9.64. The molecule has 5 nitrogen and oxygen atoms in total. The Morgan fingerprint density at radius 3 is 2.50 bits per heavy atom. The summed E-state index contributed by atoms with van der Waals surface area (Å²) >= 11 is 0. The maximum atomic E-state index is 11.5. The summed E-state index contributed by atoms with van der Waals surface area (Å²) in [4.78, 5) is 33.6. The van der Waals surface area contributed by atoms with Crippen LogP contribution in [0.2, 0.25) is 0 Å². The lowest BCUT2D eigenvalue weighted by molar-refractivity contribution is -0.146. The second-order valence-corrected chi connectivity index (χ2v) is 7.04. The molecular formula is C19H28O5. The molecule has 134 valence electrons. The molecular weight excluding hydrogens is 308 g/mol. The molecule has 0 amide bonds. The second kappa shape index (κ2) is 8.81. The number of carbonyl (C=O) groups is 3. The number of rotatable bonds is 7. The first-order valence-corrected chi connectivity index (χ1v) is 8.30. The topological polar surface area (TPSA) is 69.7 Å². The summed E-state index contributed by atoms with van der Waals surface area (Å²) in [6.07, 6.45) is 4.99. The molecule has 0 N–H and O–H groups in total. The van der Waals surface area contributed by atoms with E-state index in [4.69, 9.17) is 9.47 Å². The van der Waals surface area contributed by atoms with Gasteiger partial charge in [0.1, 0.15) is 19.0 Å². The lowest BCUT2D eigenvalue weighted by Crippen LogP contribution is -2.35. The van der Waals surface area contributed by atoms with Gasteiger partial charge < -0.3 is 9.47 Å². The Hall–Kier alpha value is -1.91. The lowest BCUT2D eigenvalue weighted by Gasteiger charge is -2.42. The maximum Gasteiger partial charge on any atom is 0.303 e. The van der Waals surface area contributed by atoms with Gasteiger partial charge in [0.2, 0.25) is 0 Å². The Balaban J connectivity index is 3.03. The van der Waals surface area contributed by atoms with Crippen LogP contribution in [0.25, 0.3) is 0 Å². The van der Waals surface area contributed by atoms with E-state index in [2.05, 4.69) is 20.4 Å². The highest BCUT2D eigenvalue weighted by molar-refractivity contribution is 5.69. The SMILES string of the molecule is C=C1CCCC(C)(C)[C@@H]1C[C@@H](OC(C)=O)/C(=C/C=O)COC(C)=O. The molecule has 0 saturated heterocycles. The predicted molar refractivity (Wildman–Crippen MR) is 91.2 cm³/mol. The van der Waals surface area contributed by atoms with Gasteiger partial charge in [0.05, 0.1) is 0 Å². The van der Waals surface area contributed by atoms with Gasteiger partial charge in [0.15, 0.2) is 0 Å². The molecule has 1 fully saturated rings. The van der Waals surface area contributed by atoms with Crippen LogP contribution < -0.4 is 0 Å². The molecule has 0 aromatic carbocycles. The van der Waals surface area contributed by atoms with Crippen LogP contribution in [0, 0.1) is 11.3 Å². The largest absolute Gasteiger partial charge is 0.461 e. The Morgan fingerprint density at radius 2 is 2.00 bits per heavy atom. The zero-order valence-electron chi connectivity index (χ0n) is 15.1. The van der Waals surface area contributed by atoms with E-state index in [-0.39, 0.29) is 17.9 Å². The van der Waals surface area contributed by atoms with Crippen LogP contribution in [-0.2, 0) is 23.9 Å². The molecule has 0 bridgehead atoms. The van der Waals surface area contributed by atoms with E-state index in [0.717, 1.165) is 24.8 Å². The van der Waals surface area contributed by atoms with Crippen LogP contribution in [-0.4, -0.2) is 30.9 Å². The van der Waals surface area contributed by atoms with E-state index < -0.39 is 18.0 Å². The smallest absolute Gasteiger partial charge is 0.303 e. The van der Waals surface area contributed by atoms with Gasteiger partial charge in [-0.15, -0.1) is 0 Å². The third kappa shape index (κ3) is 5.95. The Labute approximate surface area is 144 Å². The van der Waals surface area contributed by atoms with E-state index in [1.54, 1.807) is 0 Å². The highest BCUT2D eigenvalue weighted by Gasteiger charge is 2.37. The van der Waals surface area contributed by atoms with Crippen molar-refractivity contribution in [1.29, 1.82) is 0 Å². The minimum Gasteiger partial charge on any atom is -0.461 e. The van der Waals surface area contributed by atoms with Gasteiger partial charge in [-0.25, -0.2) is 0 Å². The van der Waals surface area contributed by atoms with Crippen molar-refractivity contribution < 1.29 is 23.9 Å². The van der Waals surface area contributed by atoms with E-state index >= 15 is 0 Å². The van der Waals surface area contributed by atoms with Crippen LogP contribution >= 0.6 is 0 Å². The van der Waals surface area contributed by atoms with Crippen molar-refractivity contribution in [1.82, 2.24) is 0 Å². The summed E-state index contributed by atoms with van der Waals surface area (Å²) in [6, 6.07) is 0. The number of esters is 2. The Morgan fingerprint density at radius 1 is 1.33 bits per heavy atom. The highest BCUT2D eigenvalue weighted by Crippen LogP contribution is 2.46. The number of hydrogen-bond donors (Lipinski definition) is 0. The summed E-state index contributed by atoms with van der Waals surface area (Å²) in [7, 11) is 0. The average molecular weight is 336 g/mol. The monoisotopic (exact) mass is 336 g/mol. The second-order valence-electron chi connectivity index (χ2n) is 7.04. The highest BCUT2D eigenvalue weighted by atomic mass is 16.6. The molecule has 24 heavy (non-hydrogen) atoms. The summed E-state index contributed by atoms with van der Waals surface area (Å²) < 4.78 is 10.5. The average Bonchev–Trinajstić information content (AvgIpc) is 2.45. The standard InChI is InChI=1S/C19H28O5/c1-13-7-6-9-19(4,5)17(13)11-18(24-15(3)22)16(8-10-20)12-23-14(2)21/h8,10,17-18H,1,6-7,9,11-12H2,2-5H3/b16-8+/t17-,18-/m1/s1. The molecule has 0 aromatic heterocycles. The number of carbonyl (C=O) groups excluding carboxylic acids is 3. The van der Waals surface area contributed by atoms with Crippen LogP contribution in [0.5, 0.6) is 0 Å². The summed E-state index contributed by atoms with van der Waals surface area (Å²) in [5.41, 5.74) is 1.67. The molecule has 5 heteroatoms. The number of hydrogen-bond acceptors (Lipinski definition) is 5. The van der Waals surface area contributed by atoms with Crippen molar-refractivity contribution in [3.63, 3.8) is 0 Å². The molecule has 0 unspecified atom stereocenters. The van der Waals surface area contributed by atoms with Crippen molar-refractivity contribution in [2.75, 3.05) is 6.61 Å². The summed E-state index contributed by atoms with van der Waals surface area (Å²) in [5.74, 6) is -0.711. The minimum absolute atomic E-state index is 0.0431. The fraction of sp³-hybridized carbons (Fsp3) is 0.632. The van der Waals surface area contributed by atoms with Crippen molar-refractivity contribution in [3.05, 3.63) is 23.8 Å². The van der Waals surface area contributed by atoms with Crippen molar-refractivity contribution in [2.45, 2.75) is 59.5 Å². The fourth-order valence-electron chi connectivity index (χ4n) is 3.37. The van der Waals surface area contributed by atoms with Gasteiger partial charge in [-0.2, -0.15) is 0 Å². The molecule has 0 heterocycles. The van der Waals surface area contributed by atoms with Gasteiger partial charge in [-0.1, -0.05) is 26.0 Å². The fourth-order valence-corrected chi connectivity index (χ4v) is 3.37. The quantitative estimate of drug-likeness (QED) is 0.308.